The molecule has 1 aromatic carbocycles. The number of amides is 4. The molecule has 24 heavy (non-hydrogen) atoms. The van der Waals surface area contributed by atoms with E-state index in [2.05, 4.69) is 10.6 Å². The minimum absolute atomic E-state index is 0.0351. The molecule has 7 nitrogen and oxygen atoms in total. The van der Waals surface area contributed by atoms with Gasteiger partial charge in [-0.1, -0.05) is 18.2 Å². The summed E-state index contributed by atoms with van der Waals surface area (Å²) >= 11 is 0. The number of nitrogens with zero attached hydrogens (tertiary/aromatic N) is 2. The first-order valence-electron chi connectivity index (χ1n) is 8.33. The lowest BCUT2D eigenvalue weighted by molar-refractivity contribution is -0.129. The highest BCUT2D eigenvalue weighted by Gasteiger charge is 2.24. The van der Waals surface area contributed by atoms with Crippen molar-refractivity contribution in [2.45, 2.75) is 19.3 Å². The summed E-state index contributed by atoms with van der Waals surface area (Å²) in [7, 11) is 0. The Morgan fingerprint density at radius 2 is 1.58 bits per heavy atom. The van der Waals surface area contributed by atoms with E-state index in [-0.39, 0.29) is 24.9 Å². The van der Waals surface area contributed by atoms with E-state index in [1.54, 1.807) is 9.80 Å². The third-order valence-electron chi connectivity index (χ3n) is 4.45. The number of carbonyl (C=O) groups is 3. The predicted octanol–water partition coefficient (Wildman–Crippen LogP) is 0.497. The molecule has 3 rings (SSSR count). The zero-order valence-electron chi connectivity index (χ0n) is 13.6. The number of fused-ring (bicyclic) bond motifs is 1. The van der Waals surface area contributed by atoms with Gasteiger partial charge < -0.3 is 20.4 Å². The maximum absolute atomic E-state index is 12.3. The van der Waals surface area contributed by atoms with Crippen molar-refractivity contribution in [2.24, 2.45) is 0 Å². The largest absolute Gasteiger partial charge is 0.341 e. The van der Waals surface area contributed by atoms with Crippen LogP contribution >= 0.6 is 0 Å². The van der Waals surface area contributed by atoms with E-state index < -0.39 is 6.03 Å². The fraction of sp³-hybridized carbons (Fsp3) is 0.471. The molecule has 128 valence electrons. The van der Waals surface area contributed by atoms with Crippen LogP contribution in [0.2, 0.25) is 0 Å². The lowest BCUT2D eigenvalue weighted by atomic mass is 10.2. The fourth-order valence-electron chi connectivity index (χ4n) is 3.15. The van der Waals surface area contributed by atoms with Crippen LogP contribution in [0.3, 0.4) is 0 Å². The molecule has 0 atom stereocenters. The molecule has 0 radical (unpaired) electrons. The van der Waals surface area contributed by atoms with E-state index in [1.165, 1.54) is 0 Å². The lowest BCUT2D eigenvalue weighted by Crippen LogP contribution is -2.46. The number of nitrogens with one attached hydrogen (secondary N) is 2. The topological polar surface area (TPSA) is 81.8 Å². The van der Waals surface area contributed by atoms with E-state index in [4.69, 9.17) is 0 Å². The van der Waals surface area contributed by atoms with Crippen molar-refractivity contribution in [3.05, 3.63) is 29.8 Å². The normalized spacial score (nSPS) is 16.0. The van der Waals surface area contributed by atoms with Crippen molar-refractivity contribution in [2.75, 3.05) is 37.6 Å². The van der Waals surface area contributed by atoms with Crippen LogP contribution in [-0.4, -0.2) is 55.5 Å². The molecular formula is C17H22N4O3. The highest BCUT2D eigenvalue weighted by molar-refractivity contribution is 5.98. The quantitative estimate of drug-likeness (QED) is 0.843. The third kappa shape index (κ3) is 3.67. The van der Waals surface area contributed by atoms with E-state index in [1.807, 2.05) is 24.3 Å². The average Bonchev–Trinajstić information content (AvgIpc) is 3.26. The first-order chi connectivity index (χ1) is 11.6. The second-order valence-corrected chi connectivity index (χ2v) is 6.05. The Morgan fingerprint density at radius 3 is 2.33 bits per heavy atom. The first-order valence-corrected chi connectivity index (χ1v) is 8.33. The molecule has 0 unspecified atom stereocenters. The minimum atomic E-state index is -0.497. The summed E-state index contributed by atoms with van der Waals surface area (Å²) in [6.07, 6.45) is 2.87. The molecular weight excluding hydrogens is 308 g/mol. The zero-order valence-corrected chi connectivity index (χ0v) is 13.6. The summed E-state index contributed by atoms with van der Waals surface area (Å²) in [5.41, 5.74) is 2.06. The molecule has 0 spiro atoms. The number of carbonyl (C=O) groups excluding carboxylic acids is 3. The smallest absolute Gasteiger partial charge is 0.315 e. The van der Waals surface area contributed by atoms with Crippen molar-refractivity contribution in [3.63, 3.8) is 0 Å². The average molecular weight is 330 g/mol. The number of urea groups is 1. The van der Waals surface area contributed by atoms with Gasteiger partial charge in [0.05, 0.1) is 13.1 Å². The van der Waals surface area contributed by atoms with Crippen LogP contribution < -0.4 is 15.5 Å². The Hall–Kier alpha value is -2.57. The van der Waals surface area contributed by atoms with E-state index >= 15 is 0 Å². The van der Waals surface area contributed by atoms with Gasteiger partial charge in [-0.3, -0.25) is 9.59 Å². The van der Waals surface area contributed by atoms with Crippen molar-refractivity contribution < 1.29 is 14.4 Å². The Bertz CT molecular complexity index is 640. The molecule has 0 aliphatic carbocycles. The van der Waals surface area contributed by atoms with Gasteiger partial charge in [0.2, 0.25) is 11.8 Å². The van der Waals surface area contributed by atoms with Crippen LogP contribution in [0.25, 0.3) is 0 Å². The fourth-order valence-corrected chi connectivity index (χ4v) is 3.15. The molecule has 1 saturated heterocycles. The Kier molecular flexibility index (Phi) is 4.98. The molecule has 1 aromatic rings. The van der Waals surface area contributed by atoms with Gasteiger partial charge in [0.15, 0.2) is 0 Å². The summed E-state index contributed by atoms with van der Waals surface area (Å²) in [6.45, 7) is 2.03. The van der Waals surface area contributed by atoms with Gasteiger partial charge in [0.25, 0.3) is 0 Å². The standard InChI is InChI=1S/C17H22N4O3/c22-15(20-8-3-4-9-20)11-18-17(24)19-12-16(23)21-10-7-13-5-1-2-6-14(13)21/h1-2,5-6H,3-4,7-12H2,(H2,18,19,24). The second kappa shape index (κ2) is 7.33. The molecule has 2 heterocycles. The van der Waals surface area contributed by atoms with Gasteiger partial charge in [-0.25, -0.2) is 4.79 Å². The molecule has 4 amide bonds. The van der Waals surface area contributed by atoms with Crippen LogP contribution in [0, 0.1) is 0 Å². The zero-order chi connectivity index (χ0) is 16.9. The molecule has 2 N–H and O–H groups in total. The van der Waals surface area contributed by atoms with E-state index in [9.17, 15) is 14.4 Å². The highest BCUT2D eigenvalue weighted by Crippen LogP contribution is 2.27. The molecule has 1 fully saturated rings. The Morgan fingerprint density at radius 1 is 0.917 bits per heavy atom. The third-order valence-corrected chi connectivity index (χ3v) is 4.45. The summed E-state index contributed by atoms with van der Waals surface area (Å²) in [4.78, 5) is 39.3. The molecule has 2 aliphatic rings. The minimum Gasteiger partial charge on any atom is -0.341 e. The van der Waals surface area contributed by atoms with Gasteiger partial charge in [-0.2, -0.15) is 0 Å². The Balaban J connectivity index is 1.41. The van der Waals surface area contributed by atoms with E-state index in [0.717, 1.165) is 43.6 Å². The number of anilines is 1. The molecule has 0 saturated carbocycles. The molecule has 0 bridgehead atoms. The Labute approximate surface area is 141 Å². The highest BCUT2D eigenvalue weighted by atomic mass is 16.2. The van der Waals surface area contributed by atoms with Gasteiger partial charge >= 0.3 is 6.03 Å². The van der Waals surface area contributed by atoms with Crippen LogP contribution in [0.4, 0.5) is 10.5 Å². The summed E-state index contributed by atoms with van der Waals surface area (Å²) in [6, 6.07) is 7.27. The van der Waals surface area contributed by atoms with Gasteiger partial charge in [-0.15, -0.1) is 0 Å². The number of para-hydroxylation sites is 1. The van der Waals surface area contributed by atoms with Crippen LogP contribution in [-0.2, 0) is 16.0 Å². The maximum atomic E-state index is 12.3. The first kappa shape index (κ1) is 16.3. The maximum Gasteiger partial charge on any atom is 0.315 e. The summed E-state index contributed by atoms with van der Waals surface area (Å²) < 4.78 is 0. The summed E-state index contributed by atoms with van der Waals surface area (Å²) in [5.74, 6) is -0.233. The van der Waals surface area contributed by atoms with Crippen molar-refractivity contribution in [3.8, 4) is 0 Å². The molecule has 2 aliphatic heterocycles. The number of likely N-dealkylation sites (tertiary alicyclic amines) is 1. The van der Waals surface area contributed by atoms with Gasteiger partial charge in [0.1, 0.15) is 0 Å². The monoisotopic (exact) mass is 330 g/mol. The van der Waals surface area contributed by atoms with Crippen molar-refractivity contribution in [1.29, 1.82) is 0 Å². The molecule has 0 aromatic heterocycles. The number of benzene rings is 1. The second-order valence-electron chi connectivity index (χ2n) is 6.05. The van der Waals surface area contributed by atoms with Crippen LogP contribution in [0.1, 0.15) is 18.4 Å². The van der Waals surface area contributed by atoms with Gasteiger partial charge in [-0.05, 0) is 30.9 Å². The summed E-state index contributed by atoms with van der Waals surface area (Å²) in [5, 5.41) is 5.04. The molecule has 7 heteroatoms. The van der Waals surface area contributed by atoms with E-state index in [0.29, 0.717) is 6.54 Å². The predicted molar refractivity (Wildman–Crippen MR) is 89.7 cm³/mol. The van der Waals surface area contributed by atoms with Crippen molar-refractivity contribution in [1.82, 2.24) is 15.5 Å². The SMILES string of the molecule is O=C(NCC(=O)N1CCCC1)NCC(=O)N1CCc2ccccc21. The number of rotatable bonds is 4. The van der Waals surface area contributed by atoms with Crippen LogP contribution in [0.15, 0.2) is 24.3 Å². The number of hydrogen-bond acceptors (Lipinski definition) is 3. The lowest BCUT2D eigenvalue weighted by Gasteiger charge is -2.18. The van der Waals surface area contributed by atoms with Gasteiger partial charge in [0, 0.05) is 25.3 Å². The number of hydrogen-bond donors (Lipinski definition) is 2. The van der Waals surface area contributed by atoms with Crippen molar-refractivity contribution >= 4 is 23.5 Å². The van der Waals surface area contributed by atoms with Crippen LogP contribution in [0.5, 0.6) is 0 Å².